The van der Waals surface area contributed by atoms with Crippen LogP contribution in [0.1, 0.15) is 0 Å². The first-order valence-corrected chi connectivity index (χ1v) is 6.91. The molecular formula is C9H9BrF3NO3S. The number of halogens is 4. The Morgan fingerprint density at radius 2 is 1.89 bits per heavy atom. The first-order chi connectivity index (χ1) is 8.14. The van der Waals surface area contributed by atoms with Crippen LogP contribution in [0.4, 0.5) is 13.2 Å². The van der Waals surface area contributed by atoms with Crippen LogP contribution in [0.3, 0.4) is 0 Å². The molecule has 1 unspecified atom stereocenters. The smallest absolute Gasteiger partial charge is 0.382 e. The summed E-state index contributed by atoms with van der Waals surface area (Å²) in [6.07, 6.45) is -7.61. The highest BCUT2D eigenvalue weighted by Gasteiger charge is 2.38. The number of nitrogens with one attached hydrogen (secondary N) is 1. The summed E-state index contributed by atoms with van der Waals surface area (Å²) in [5, 5.41) is 8.70. The second kappa shape index (κ2) is 5.55. The zero-order valence-electron chi connectivity index (χ0n) is 8.78. The summed E-state index contributed by atoms with van der Waals surface area (Å²) in [4.78, 5) is -0.195. The highest BCUT2D eigenvalue weighted by Crippen LogP contribution is 2.22. The van der Waals surface area contributed by atoms with E-state index in [0.29, 0.717) is 0 Å². The largest absolute Gasteiger partial charge is 0.415 e. The van der Waals surface area contributed by atoms with Gasteiger partial charge in [0, 0.05) is 11.0 Å². The number of aliphatic hydroxyl groups excluding tert-OH is 1. The van der Waals surface area contributed by atoms with Crippen molar-refractivity contribution in [2.24, 2.45) is 0 Å². The predicted molar refractivity (Wildman–Crippen MR) is 61.4 cm³/mol. The molecule has 102 valence electrons. The molecule has 0 aliphatic carbocycles. The molecule has 0 saturated heterocycles. The van der Waals surface area contributed by atoms with E-state index < -0.39 is 28.8 Å². The highest BCUT2D eigenvalue weighted by molar-refractivity contribution is 9.10. The molecule has 0 heterocycles. The summed E-state index contributed by atoms with van der Waals surface area (Å²) in [5.74, 6) is 0. The van der Waals surface area contributed by atoms with E-state index in [4.69, 9.17) is 5.11 Å². The Hall–Kier alpha value is -0.640. The van der Waals surface area contributed by atoms with Gasteiger partial charge in [-0.2, -0.15) is 13.2 Å². The van der Waals surface area contributed by atoms with Crippen molar-refractivity contribution in [3.05, 3.63) is 28.7 Å². The quantitative estimate of drug-likeness (QED) is 0.870. The monoisotopic (exact) mass is 347 g/mol. The van der Waals surface area contributed by atoms with E-state index in [1.807, 2.05) is 0 Å². The zero-order valence-corrected chi connectivity index (χ0v) is 11.2. The van der Waals surface area contributed by atoms with Gasteiger partial charge in [-0.15, -0.1) is 0 Å². The van der Waals surface area contributed by atoms with Crippen LogP contribution in [0, 0.1) is 0 Å². The lowest BCUT2D eigenvalue weighted by Crippen LogP contribution is -2.40. The van der Waals surface area contributed by atoms with E-state index in [0.717, 1.165) is 0 Å². The summed E-state index contributed by atoms with van der Waals surface area (Å²) in [7, 11) is -4.10. The van der Waals surface area contributed by atoms with Gasteiger partial charge in [0.25, 0.3) is 0 Å². The molecule has 1 rings (SSSR count). The van der Waals surface area contributed by atoms with Gasteiger partial charge in [0.15, 0.2) is 6.10 Å². The number of benzene rings is 1. The molecule has 9 heteroatoms. The average Bonchev–Trinajstić information content (AvgIpc) is 2.25. The third-order valence-corrected chi connectivity index (χ3v) is 4.41. The lowest BCUT2D eigenvalue weighted by atomic mass is 10.4. The third-order valence-electron chi connectivity index (χ3n) is 1.97. The van der Waals surface area contributed by atoms with Crippen molar-refractivity contribution in [2.75, 3.05) is 6.54 Å². The van der Waals surface area contributed by atoms with E-state index in [1.165, 1.54) is 18.2 Å². The molecule has 0 bridgehead atoms. The molecule has 2 N–H and O–H groups in total. The molecular weight excluding hydrogens is 339 g/mol. The first kappa shape index (κ1) is 15.4. The van der Waals surface area contributed by atoms with Crippen molar-refractivity contribution in [2.45, 2.75) is 17.2 Å². The van der Waals surface area contributed by atoms with Crippen LogP contribution in [0.5, 0.6) is 0 Å². The molecule has 0 aliphatic rings. The molecule has 1 atom stereocenters. The minimum atomic E-state index is -4.86. The lowest BCUT2D eigenvalue weighted by molar-refractivity contribution is -0.200. The molecule has 0 fully saturated rings. The minimum absolute atomic E-state index is 0.195. The second-order valence-corrected chi connectivity index (χ2v) is 5.93. The normalized spacial score (nSPS) is 14.5. The molecule has 0 aliphatic heterocycles. The van der Waals surface area contributed by atoms with Crippen LogP contribution in [-0.2, 0) is 10.0 Å². The molecule has 18 heavy (non-hydrogen) atoms. The van der Waals surface area contributed by atoms with Crippen LogP contribution in [0.15, 0.2) is 33.6 Å². The Labute approximate surface area is 110 Å². The van der Waals surface area contributed by atoms with Crippen molar-refractivity contribution < 1.29 is 26.7 Å². The van der Waals surface area contributed by atoms with Gasteiger partial charge in [-0.05, 0) is 28.1 Å². The second-order valence-electron chi connectivity index (χ2n) is 3.34. The van der Waals surface area contributed by atoms with Crippen molar-refractivity contribution >= 4 is 26.0 Å². The first-order valence-electron chi connectivity index (χ1n) is 4.63. The summed E-state index contributed by atoms with van der Waals surface area (Å²) in [6, 6.07) is 5.66. The van der Waals surface area contributed by atoms with E-state index in [2.05, 4.69) is 15.9 Å². The Morgan fingerprint density at radius 3 is 2.39 bits per heavy atom. The van der Waals surface area contributed by atoms with E-state index in [-0.39, 0.29) is 9.37 Å². The Balaban J connectivity index is 2.82. The summed E-state index contributed by atoms with van der Waals surface area (Å²) < 4.78 is 61.3. The van der Waals surface area contributed by atoms with Crippen molar-refractivity contribution in [3.63, 3.8) is 0 Å². The standard InChI is InChI=1S/C9H9BrF3NO3S/c10-6-3-1-2-4-7(6)18(16,17)14-5-8(15)9(11,12)13/h1-4,8,14-15H,5H2. The molecule has 0 radical (unpaired) electrons. The molecule has 1 aromatic carbocycles. The van der Waals surface area contributed by atoms with E-state index >= 15 is 0 Å². The number of alkyl halides is 3. The predicted octanol–water partition coefficient (Wildman–Crippen LogP) is 1.65. The third kappa shape index (κ3) is 3.94. The SMILES string of the molecule is O=S(=O)(NCC(O)C(F)(F)F)c1ccccc1Br. The van der Waals surface area contributed by atoms with Gasteiger partial charge < -0.3 is 5.11 Å². The fourth-order valence-corrected chi connectivity index (χ4v) is 3.08. The van der Waals surface area contributed by atoms with Crippen LogP contribution >= 0.6 is 15.9 Å². The van der Waals surface area contributed by atoms with Gasteiger partial charge in [-0.25, -0.2) is 13.1 Å². The van der Waals surface area contributed by atoms with Gasteiger partial charge in [0.05, 0.1) is 4.90 Å². The van der Waals surface area contributed by atoms with Crippen LogP contribution in [0.2, 0.25) is 0 Å². The molecule has 0 amide bonds. The van der Waals surface area contributed by atoms with Crippen LogP contribution in [0.25, 0.3) is 0 Å². The van der Waals surface area contributed by atoms with E-state index in [9.17, 15) is 21.6 Å². The number of hydrogen-bond donors (Lipinski definition) is 2. The Morgan fingerprint density at radius 1 is 1.33 bits per heavy atom. The fraction of sp³-hybridized carbons (Fsp3) is 0.333. The molecule has 0 spiro atoms. The summed E-state index contributed by atoms with van der Waals surface area (Å²) in [6.45, 7) is -1.13. The van der Waals surface area contributed by atoms with Gasteiger partial charge in [0.1, 0.15) is 0 Å². The van der Waals surface area contributed by atoms with E-state index in [1.54, 1.807) is 10.8 Å². The van der Waals surface area contributed by atoms with Crippen LogP contribution in [-0.4, -0.2) is 32.3 Å². The fourth-order valence-electron chi connectivity index (χ4n) is 1.04. The molecule has 0 aromatic heterocycles. The van der Waals surface area contributed by atoms with Gasteiger partial charge in [0.2, 0.25) is 10.0 Å². The number of aliphatic hydroxyl groups is 1. The minimum Gasteiger partial charge on any atom is -0.382 e. The summed E-state index contributed by atoms with van der Waals surface area (Å²) >= 11 is 2.97. The van der Waals surface area contributed by atoms with Crippen molar-refractivity contribution in [1.29, 1.82) is 0 Å². The number of hydrogen-bond acceptors (Lipinski definition) is 3. The topological polar surface area (TPSA) is 66.4 Å². The maximum Gasteiger partial charge on any atom is 0.415 e. The van der Waals surface area contributed by atoms with Gasteiger partial charge >= 0.3 is 6.18 Å². The maximum atomic E-state index is 12.0. The highest BCUT2D eigenvalue weighted by atomic mass is 79.9. The number of rotatable bonds is 4. The van der Waals surface area contributed by atoms with Gasteiger partial charge in [-0.3, -0.25) is 0 Å². The maximum absolute atomic E-state index is 12.0. The molecule has 1 aromatic rings. The molecule has 0 saturated carbocycles. The zero-order chi connectivity index (χ0) is 14.0. The van der Waals surface area contributed by atoms with Crippen LogP contribution < -0.4 is 4.72 Å². The lowest BCUT2D eigenvalue weighted by Gasteiger charge is -2.15. The molecule has 4 nitrogen and oxygen atoms in total. The van der Waals surface area contributed by atoms with Gasteiger partial charge in [-0.1, -0.05) is 12.1 Å². The number of sulfonamides is 1. The Bertz CT molecular complexity index is 518. The van der Waals surface area contributed by atoms with Crippen molar-refractivity contribution in [3.8, 4) is 0 Å². The summed E-state index contributed by atoms with van der Waals surface area (Å²) in [5.41, 5.74) is 0. The average molecular weight is 348 g/mol. The van der Waals surface area contributed by atoms with Crippen molar-refractivity contribution in [1.82, 2.24) is 4.72 Å². The Kier molecular flexibility index (Phi) is 4.76.